The highest BCUT2D eigenvalue weighted by atomic mass is 32.2. The standard InChI is InChI=1S/C14H10O2S/c15-17(16)12-8-7-11-6-5-10-3-1-2-4-13(10)14(11)9-12/h1-9H,(H,15,16). The first-order chi connectivity index (χ1) is 8.25. The van der Waals surface area contributed by atoms with E-state index in [1.54, 1.807) is 12.1 Å². The fraction of sp³-hybridized carbons (Fsp3) is 0. The van der Waals surface area contributed by atoms with E-state index in [1.165, 1.54) is 0 Å². The van der Waals surface area contributed by atoms with Gasteiger partial charge in [-0.1, -0.05) is 42.5 Å². The van der Waals surface area contributed by atoms with Gasteiger partial charge in [-0.25, -0.2) is 4.21 Å². The summed E-state index contributed by atoms with van der Waals surface area (Å²) < 4.78 is 20.2. The van der Waals surface area contributed by atoms with Crippen molar-refractivity contribution >= 4 is 32.6 Å². The van der Waals surface area contributed by atoms with Crippen LogP contribution in [0.25, 0.3) is 21.5 Å². The molecule has 3 rings (SSSR count). The number of hydrogen-bond acceptors (Lipinski definition) is 1. The number of rotatable bonds is 1. The summed E-state index contributed by atoms with van der Waals surface area (Å²) in [7, 11) is 0. The predicted octanol–water partition coefficient (Wildman–Crippen LogP) is 3.57. The van der Waals surface area contributed by atoms with E-state index in [9.17, 15) is 4.21 Å². The van der Waals surface area contributed by atoms with E-state index in [1.807, 2.05) is 36.4 Å². The van der Waals surface area contributed by atoms with Crippen molar-refractivity contribution < 1.29 is 8.76 Å². The number of hydrogen-bond donors (Lipinski definition) is 1. The van der Waals surface area contributed by atoms with Gasteiger partial charge in [0.1, 0.15) is 0 Å². The molecule has 1 N–H and O–H groups in total. The maximum Gasteiger partial charge on any atom is 0.186 e. The van der Waals surface area contributed by atoms with Gasteiger partial charge < -0.3 is 4.55 Å². The monoisotopic (exact) mass is 242 g/mol. The topological polar surface area (TPSA) is 37.3 Å². The lowest BCUT2D eigenvalue weighted by molar-refractivity contribution is 0.564. The Hall–Kier alpha value is -1.71. The summed E-state index contributed by atoms with van der Waals surface area (Å²) in [5, 5.41) is 4.35. The van der Waals surface area contributed by atoms with Crippen LogP contribution in [0.2, 0.25) is 0 Å². The Kier molecular flexibility index (Phi) is 2.42. The molecule has 0 saturated heterocycles. The van der Waals surface area contributed by atoms with Gasteiger partial charge in [0.05, 0.1) is 4.90 Å². The van der Waals surface area contributed by atoms with Crippen LogP contribution < -0.4 is 0 Å². The lowest BCUT2D eigenvalue weighted by Gasteiger charge is -2.04. The van der Waals surface area contributed by atoms with Gasteiger partial charge in [-0.05, 0) is 33.7 Å². The van der Waals surface area contributed by atoms with Crippen LogP contribution in [-0.4, -0.2) is 8.76 Å². The van der Waals surface area contributed by atoms with Crippen LogP contribution in [0, 0.1) is 0 Å². The molecule has 0 aromatic heterocycles. The SMILES string of the molecule is O=S(O)c1ccc2ccc3ccccc3c2c1. The molecule has 3 heteroatoms. The molecule has 0 bridgehead atoms. The van der Waals surface area contributed by atoms with Gasteiger partial charge in [-0.2, -0.15) is 0 Å². The second kappa shape index (κ2) is 3.95. The van der Waals surface area contributed by atoms with Crippen LogP contribution >= 0.6 is 0 Å². The normalized spacial score (nSPS) is 13.0. The Morgan fingerprint density at radius 1 is 0.824 bits per heavy atom. The Bertz CT molecular complexity index is 734. The van der Waals surface area contributed by atoms with Crippen molar-refractivity contribution in [2.24, 2.45) is 0 Å². The Labute approximate surface area is 101 Å². The van der Waals surface area contributed by atoms with Gasteiger partial charge in [0, 0.05) is 0 Å². The van der Waals surface area contributed by atoms with E-state index in [2.05, 4.69) is 6.07 Å². The average Bonchev–Trinajstić information content (AvgIpc) is 2.38. The molecule has 3 aromatic rings. The third-order valence-corrected chi connectivity index (χ3v) is 3.58. The zero-order valence-corrected chi connectivity index (χ0v) is 9.78. The molecule has 0 radical (unpaired) electrons. The summed E-state index contributed by atoms with van der Waals surface area (Å²) in [6.07, 6.45) is 0. The molecular weight excluding hydrogens is 232 g/mol. The van der Waals surface area contributed by atoms with Crippen molar-refractivity contribution in [2.45, 2.75) is 4.90 Å². The van der Waals surface area contributed by atoms with Crippen LogP contribution in [-0.2, 0) is 11.1 Å². The molecule has 0 saturated carbocycles. The van der Waals surface area contributed by atoms with E-state index in [0.29, 0.717) is 4.90 Å². The number of benzene rings is 3. The van der Waals surface area contributed by atoms with Crippen LogP contribution in [0.15, 0.2) is 59.5 Å². The third-order valence-electron chi connectivity index (χ3n) is 2.92. The largest absolute Gasteiger partial charge is 0.302 e. The first kappa shape index (κ1) is 10.4. The third kappa shape index (κ3) is 1.73. The highest BCUT2D eigenvalue weighted by Gasteiger charge is 2.04. The molecule has 17 heavy (non-hydrogen) atoms. The van der Waals surface area contributed by atoms with E-state index < -0.39 is 11.1 Å². The zero-order chi connectivity index (χ0) is 11.8. The van der Waals surface area contributed by atoms with E-state index in [-0.39, 0.29) is 0 Å². The fourth-order valence-electron chi connectivity index (χ4n) is 2.09. The molecule has 1 unspecified atom stereocenters. The minimum atomic E-state index is -1.93. The van der Waals surface area contributed by atoms with Crippen LogP contribution in [0.3, 0.4) is 0 Å². The summed E-state index contributed by atoms with van der Waals surface area (Å²) >= 11 is -1.93. The van der Waals surface area contributed by atoms with Gasteiger partial charge in [0.2, 0.25) is 0 Å². The van der Waals surface area contributed by atoms with E-state index in [4.69, 9.17) is 4.55 Å². The molecule has 0 aliphatic heterocycles. The molecule has 0 spiro atoms. The van der Waals surface area contributed by atoms with E-state index in [0.717, 1.165) is 21.5 Å². The van der Waals surface area contributed by atoms with Gasteiger partial charge >= 0.3 is 0 Å². The van der Waals surface area contributed by atoms with Crippen molar-refractivity contribution in [3.8, 4) is 0 Å². The highest BCUT2D eigenvalue weighted by Crippen LogP contribution is 2.26. The van der Waals surface area contributed by atoms with Gasteiger partial charge in [-0.3, -0.25) is 0 Å². The summed E-state index contributed by atoms with van der Waals surface area (Å²) in [5.74, 6) is 0. The minimum Gasteiger partial charge on any atom is -0.302 e. The van der Waals surface area contributed by atoms with Gasteiger partial charge in [-0.15, -0.1) is 0 Å². The maximum atomic E-state index is 11.1. The molecule has 0 fully saturated rings. The summed E-state index contributed by atoms with van der Waals surface area (Å²) in [6.45, 7) is 0. The summed E-state index contributed by atoms with van der Waals surface area (Å²) in [6, 6.07) is 17.5. The quantitative estimate of drug-likeness (QED) is 0.523. The molecule has 3 aromatic carbocycles. The molecule has 0 aliphatic carbocycles. The highest BCUT2D eigenvalue weighted by molar-refractivity contribution is 7.79. The number of fused-ring (bicyclic) bond motifs is 3. The molecule has 0 amide bonds. The van der Waals surface area contributed by atoms with Crippen molar-refractivity contribution in [1.29, 1.82) is 0 Å². The zero-order valence-electron chi connectivity index (χ0n) is 8.96. The average molecular weight is 242 g/mol. The lowest BCUT2D eigenvalue weighted by Crippen LogP contribution is -1.88. The van der Waals surface area contributed by atoms with Crippen molar-refractivity contribution in [1.82, 2.24) is 0 Å². The van der Waals surface area contributed by atoms with Crippen LogP contribution in [0.1, 0.15) is 0 Å². The van der Waals surface area contributed by atoms with Gasteiger partial charge in [0.15, 0.2) is 11.1 Å². The molecule has 84 valence electrons. The fourth-order valence-corrected chi connectivity index (χ4v) is 2.49. The van der Waals surface area contributed by atoms with Crippen molar-refractivity contribution in [2.75, 3.05) is 0 Å². The second-order valence-electron chi connectivity index (χ2n) is 3.92. The smallest absolute Gasteiger partial charge is 0.186 e. The molecule has 1 atom stereocenters. The van der Waals surface area contributed by atoms with Crippen molar-refractivity contribution in [3.05, 3.63) is 54.6 Å². The minimum absolute atomic E-state index is 0.439. The molecular formula is C14H10O2S. The Morgan fingerprint density at radius 2 is 1.47 bits per heavy atom. The van der Waals surface area contributed by atoms with Gasteiger partial charge in [0.25, 0.3) is 0 Å². The Morgan fingerprint density at radius 3 is 2.24 bits per heavy atom. The Balaban J connectivity index is 2.46. The summed E-state index contributed by atoms with van der Waals surface area (Å²) in [4.78, 5) is 0.439. The predicted molar refractivity (Wildman–Crippen MR) is 70.5 cm³/mol. The van der Waals surface area contributed by atoms with Crippen molar-refractivity contribution in [3.63, 3.8) is 0 Å². The summed E-state index contributed by atoms with van der Waals surface area (Å²) in [5.41, 5.74) is 0. The molecule has 0 aliphatic rings. The first-order valence-electron chi connectivity index (χ1n) is 5.28. The molecule has 2 nitrogen and oxygen atoms in total. The second-order valence-corrected chi connectivity index (χ2v) is 4.89. The van der Waals surface area contributed by atoms with Crippen LogP contribution in [0.5, 0.6) is 0 Å². The molecule has 0 heterocycles. The van der Waals surface area contributed by atoms with Crippen LogP contribution in [0.4, 0.5) is 0 Å². The maximum absolute atomic E-state index is 11.1. The lowest BCUT2D eigenvalue weighted by atomic mass is 10.0. The first-order valence-corrected chi connectivity index (χ1v) is 6.39. The van der Waals surface area contributed by atoms with E-state index >= 15 is 0 Å².